The predicted molar refractivity (Wildman–Crippen MR) is 69.4 cm³/mol. The number of fused-ring (bicyclic) bond motifs is 1. The normalized spacial score (nSPS) is 34.6. The molecular weight excluding hydrogens is 228 g/mol. The first-order chi connectivity index (χ1) is 8.66. The summed E-state index contributed by atoms with van der Waals surface area (Å²) < 4.78 is 5.80. The number of hydrogen-bond acceptors (Lipinski definition) is 5. The Hall–Kier alpha value is -1.20. The quantitative estimate of drug-likeness (QED) is 0.817. The van der Waals surface area contributed by atoms with Crippen LogP contribution in [0.25, 0.3) is 0 Å². The van der Waals surface area contributed by atoms with Crippen molar-refractivity contribution in [2.75, 3.05) is 11.9 Å². The molecule has 2 heterocycles. The Balaban J connectivity index is 1.71. The fourth-order valence-electron chi connectivity index (χ4n) is 2.91. The van der Waals surface area contributed by atoms with Crippen LogP contribution in [-0.2, 0) is 4.74 Å². The van der Waals surface area contributed by atoms with Crippen LogP contribution < -0.4 is 11.1 Å². The van der Waals surface area contributed by atoms with Crippen LogP contribution in [0.2, 0.25) is 0 Å². The Kier molecular flexibility index (Phi) is 2.95. The summed E-state index contributed by atoms with van der Waals surface area (Å²) in [6, 6.07) is 0.338. The highest BCUT2D eigenvalue weighted by molar-refractivity contribution is 5.37. The molecule has 0 spiro atoms. The molecule has 0 aromatic carbocycles. The number of nitrogens with one attached hydrogen (secondary N) is 1. The third-order valence-corrected chi connectivity index (χ3v) is 4.18. The second-order valence-electron chi connectivity index (χ2n) is 5.32. The van der Waals surface area contributed by atoms with Crippen LogP contribution in [0.3, 0.4) is 0 Å². The van der Waals surface area contributed by atoms with Gasteiger partial charge in [0.2, 0.25) is 0 Å². The molecule has 1 saturated carbocycles. The molecule has 98 valence electrons. The molecule has 1 aliphatic heterocycles. The van der Waals surface area contributed by atoms with Crippen molar-refractivity contribution in [2.45, 2.75) is 44.9 Å². The van der Waals surface area contributed by atoms with E-state index in [0.29, 0.717) is 5.92 Å². The Morgan fingerprint density at radius 1 is 1.39 bits per heavy atom. The van der Waals surface area contributed by atoms with Gasteiger partial charge in [0.25, 0.3) is 0 Å². The minimum absolute atomic E-state index is 0.165. The Morgan fingerprint density at radius 2 is 2.22 bits per heavy atom. The van der Waals surface area contributed by atoms with Crippen molar-refractivity contribution in [3.05, 3.63) is 17.6 Å². The van der Waals surface area contributed by atoms with Crippen LogP contribution >= 0.6 is 0 Å². The zero-order valence-electron chi connectivity index (χ0n) is 10.9. The lowest BCUT2D eigenvalue weighted by atomic mass is 9.69. The minimum Gasteiger partial charge on any atom is -0.376 e. The molecule has 2 aliphatic rings. The van der Waals surface area contributed by atoms with E-state index in [4.69, 9.17) is 10.5 Å². The van der Waals surface area contributed by atoms with Gasteiger partial charge in [0.1, 0.15) is 5.82 Å². The molecule has 5 heteroatoms. The summed E-state index contributed by atoms with van der Waals surface area (Å²) in [6.45, 7) is 4.78. The second-order valence-corrected chi connectivity index (χ2v) is 5.32. The molecule has 18 heavy (non-hydrogen) atoms. The number of rotatable bonds is 2. The van der Waals surface area contributed by atoms with E-state index in [2.05, 4.69) is 15.3 Å². The van der Waals surface area contributed by atoms with Crippen LogP contribution in [0.15, 0.2) is 6.20 Å². The third-order valence-electron chi connectivity index (χ3n) is 4.18. The van der Waals surface area contributed by atoms with Gasteiger partial charge in [0.05, 0.1) is 29.7 Å². The van der Waals surface area contributed by atoms with Gasteiger partial charge in [0.15, 0.2) is 0 Å². The maximum absolute atomic E-state index is 6.20. The summed E-state index contributed by atoms with van der Waals surface area (Å²) in [7, 11) is 0. The molecule has 1 aromatic heterocycles. The molecule has 0 bridgehead atoms. The van der Waals surface area contributed by atoms with E-state index in [1.807, 2.05) is 13.8 Å². The highest BCUT2D eigenvalue weighted by atomic mass is 16.5. The zero-order chi connectivity index (χ0) is 12.7. The van der Waals surface area contributed by atoms with Gasteiger partial charge in [-0.05, 0) is 26.7 Å². The fourth-order valence-corrected chi connectivity index (χ4v) is 2.91. The Bertz CT molecular complexity index is 451. The van der Waals surface area contributed by atoms with Crippen molar-refractivity contribution in [2.24, 2.45) is 11.7 Å². The van der Waals surface area contributed by atoms with Crippen LogP contribution in [0.4, 0.5) is 5.82 Å². The molecule has 4 unspecified atom stereocenters. The number of anilines is 1. The lowest BCUT2D eigenvalue weighted by Crippen LogP contribution is -2.69. The Morgan fingerprint density at radius 3 is 3.00 bits per heavy atom. The average molecular weight is 248 g/mol. The molecule has 2 fully saturated rings. The van der Waals surface area contributed by atoms with Crippen molar-refractivity contribution in [3.63, 3.8) is 0 Å². The van der Waals surface area contributed by atoms with Gasteiger partial charge in [-0.3, -0.25) is 4.98 Å². The van der Waals surface area contributed by atoms with Gasteiger partial charge in [-0.1, -0.05) is 0 Å². The lowest BCUT2D eigenvalue weighted by Gasteiger charge is -2.52. The fraction of sp³-hybridized carbons (Fsp3) is 0.692. The molecule has 0 radical (unpaired) electrons. The van der Waals surface area contributed by atoms with Gasteiger partial charge < -0.3 is 15.8 Å². The predicted octanol–water partition coefficient (Wildman–Crippen LogP) is 1.01. The standard InChI is InChI=1S/C13H20N4O/c1-7-8(2)16-10(6-15-7)17-12-11(14)9-4-3-5-18-13(9)12/h6,9,11-13H,3-5,14H2,1-2H3,(H,16,17). The van der Waals surface area contributed by atoms with E-state index in [9.17, 15) is 0 Å². The van der Waals surface area contributed by atoms with E-state index in [1.54, 1.807) is 6.20 Å². The molecule has 1 saturated heterocycles. The van der Waals surface area contributed by atoms with Crippen LogP contribution in [0.5, 0.6) is 0 Å². The SMILES string of the molecule is Cc1ncc(NC2C(N)C3CCCOC32)nc1C. The van der Waals surface area contributed by atoms with Crippen molar-refractivity contribution < 1.29 is 4.74 Å². The third kappa shape index (κ3) is 1.87. The summed E-state index contributed by atoms with van der Waals surface area (Å²) in [5.74, 6) is 1.31. The summed E-state index contributed by atoms with van der Waals surface area (Å²) in [6.07, 6.45) is 4.33. The molecule has 1 aromatic rings. The molecule has 1 aliphatic carbocycles. The first-order valence-electron chi connectivity index (χ1n) is 6.61. The van der Waals surface area contributed by atoms with E-state index in [-0.39, 0.29) is 18.2 Å². The second kappa shape index (κ2) is 4.48. The summed E-state index contributed by atoms with van der Waals surface area (Å²) >= 11 is 0. The summed E-state index contributed by atoms with van der Waals surface area (Å²) in [4.78, 5) is 8.79. The van der Waals surface area contributed by atoms with Gasteiger partial charge in [-0.25, -0.2) is 4.98 Å². The lowest BCUT2D eigenvalue weighted by molar-refractivity contribution is -0.104. The van der Waals surface area contributed by atoms with E-state index in [1.165, 1.54) is 6.42 Å². The minimum atomic E-state index is 0.165. The smallest absolute Gasteiger partial charge is 0.145 e. The van der Waals surface area contributed by atoms with Crippen molar-refractivity contribution in [1.29, 1.82) is 0 Å². The number of aryl methyl sites for hydroxylation is 2. The van der Waals surface area contributed by atoms with Crippen molar-refractivity contribution in [3.8, 4) is 0 Å². The molecule has 4 atom stereocenters. The van der Waals surface area contributed by atoms with E-state index >= 15 is 0 Å². The van der Waals surface area contributed by atoms with Crippen LogP contribution in [0, 0.1) is 19.8 Å². The molecular formula is C13H20N4O. The Labute approximate surface area is 107 Å². The molecule has 3 N–H and O–H groups in total. The average Bonchev–Trinajstić information content (AvgIpc) is 2.39. The maximum Gasteiger partial charge on any atom is 0.145 e. The van der Waals surface area contributed by atoms with Crippen molar-refractivity contribution >= 4 is 5.82 Å². The van der Waals surface area contributed by atoms with Crippen LogP contribution in [0.1, 0.15) is 24.2 Å². The van der Waals surface area contributed by atoms with Gasteiger partial charge in [0, 0.05) is 18.6 Å². The number of nitrogens with zero attached hydrogens (tertiary/aromatic N) is 2. The van der Waals surface area contributed by atoms with Gasteiger partial charge >= 0.3 is 0 Å². The van der Waals surface area contributed by atoms with Crippen molar-refractivity contribution in [1.82, 2.24) is 9.97 Å². The van der Waals surface area contributed by atoms with Gasteiger partial charge in [-0.2, -0.15) is 0 Å². The topological polar surface area (TPSA) is 73.1 Å². The number of hydrogen-bond donors (Lipinski definition) is 2. The number of ether oxygens (including phenoxy) is 1. The highest BCUT2D eigenvalue weighted by Crippen LogP contribution is 2.38. The summed E-state index contributed by atoms with van der Waals surface area (Å²) in [5.41, 5.74) is 8.12. The van der Waals surface area contributed by atoms with E-state index in [0.717, 1.165) is 30.2 Å². The highest BCUT2D eigenvalue weighted by Gasteiger charge is 2.50. The molecule has 3 rings (SSSR count). The first kappa shape index (κ1) is 11.9. The maximum atomic E-state index is 6.20. The summed E-state index contributed by atoms with van der Waals surface area (Å²) in [5, 5.41) is 3.37. The van der Waals surface area contributed by atoms with Gasteiger partial charge in [-0.15, -0.1) is 0 Å². The number of nitrogens with two attached hydrogens (primary N) is 1. The monoisotopic (exact) mass is 248 g/mol. The van der Waals surface area contributed by atoms with E-state index < -0.39 is 0 Å². The molecule has 5 nitrogen and oxygen atoms in total. The zero-order valence-corrected chi connectivity index (χ0v) is 10.9. The largest absolute Gasteiger partial charge is 0.376 e. The first-order valence-corrected chi connectivity index (χ1v) is 6.61. The number of aromatic nitrogens is 2. The molecule has 0 amide bonds. The van der Waals surface area contributed by atoms with Crippen LogP contribution in [-0.4, -0.2) is 34.8 Å².